The maximum absolute atomic E-state index is 12.3. The van der Waals surface area contributed by atoms with E-state index in [9.17, 15) is 8.42 Å². The molecule has 0 radical (unpaired) electrons. The maximum atomic E-state index is 12.3. The zero-order valence-electron chi connectivity index (χ0n) is 12.5. The van der Waals surface area contributed by atoms with Crippen LogP contribution >= 0.6 is 0 Å². The molecule has 5 fully saturated rings. The fourth-order valence-corrected chi connectivity index (χ4v) is 8.31. The van der Waals surface area contributed by atoms with Gasteiger partial charge in [-0.15, -0.1) is 0 Å². The average molecular weight is 297 g/mol. The zero-order chi connectivity index (χ0) is 14.0. The van der Waals surface area contributed by atoms with Crippen molar-refractivity contribution in [2.75, 3.05) is 18.1 Å². The quantitative estimate of drug-likeness (QED) is 0.807. The summed E-state index contributed by atoms with van der Waals surface area (Å²) in [5.74, 6) is 3.72. The summed E-state index contributed by atoms with van der Waals surface area (Å²) in [7, 11) is -2.87. The van der Waals surface area contributed by atoms with Crippen molar-refractivity contribution in [2.45, 2.75) is 51.5 Å². The predicted octanol–water partition coefficient (Wildman–Crippen LogP) is 2.23. The van der Waals surface area contributed by atoms with Gasteiger partial charge < -0.3 is 5.32 Å². The lowest BCUT2D eigenvalue weighted by Gasteiger charge is -2.59. The first-order chi connectivity index (χ1) is 9.44. The van der Waals surface area contributed by atoms with E-state index in [1.54, 1.807) is 0 Å². The van der Waals surface area contributed by atoms with Gasteiger partial charge in [-0.1, -0.05) is 6.92 Å². The summed E-state index contributed by atoms with van der Waals surface area (Å²) in [6.45, 7) is 2.94. The molecule has 3 nitrogen and oxygen atoms in total. The monoisotopic (exact) mass is 297 g/mol. The molecule has 4 heteroatoms. The number of nitrogens with one attached hydrogen (secondary N) is 1. The Hall–Kier alpha value is -0.0900. The lowest BCUT2D eigenvalue weighted by molar-refractivity contribution is -0.0696. The summed E-state index contributed by atoms with van der Waals surface area (Å²) < 4.78 is 24.7. The van der Waals surface area contributed by atoms with E-state index in [4.69, 9.17) is 0 Å². The Bertz CT molecular complexity index is 463. The molecule has 20 heavy (non-hydrogen) atoms. The van der Waals surface area contributed by atoms with Crippen LogP contribution in [0, 0.1) is 29.1 Å². The molecule has 1 N–H and O–H groups in total. The molecule has 0 aromatic rings. The summed E-state index contributed by atoms with van der Waals surface area (Å²) >= 11 is 0. The second-order valence-corrected chi connectivity index (χ2v) is 10.6. The molecule has 0 amide bonds. The summed E-state index contributed by atoms with van der Waals surface area (Å²) in [6.07, 6.45) is 8.15. The molecule has 0 aromatic heterocycles. The Balaban J connectivity index is 1.63. The SMILES string of the molecule is CC1CNC(C23CC4CC(CC(C4)C2)C3)CS(=O)(=O)C1. The van der Waals surface area contributed by atoms with Crippen LogP contribution in [-0.2, 0) is 9.84 Å². The zero-order valence-corrected chi connectivity index (χ0v) is 13.3. The molecule has 2 unspecified atom stereocenters. The van der Waals surface area contributed by atoms with Crippen molar-refractivity contribution >= 4 is 9.84 Å². The largest absolute Gasteiger partial charge is 0.312 e. The number of rotatable bonds is 1. The molecule has 4 bridgehead atoms. The summed E-state index contributed by atoms with van der Waals surface area (Å²) in [5, 5.41) is 3.66. The van der Waals surface area contributed by atoms with Crippen molar-refractivity contribution in [3.05, 3.63) is 0 Å². The molecule has 4 saturated carbocycles. The van der Waals surface area contributed by atoms with Crippen LogP contribution in [0.2, 0.25) is 0 Å². The maximum Gasteiger partial charge on any atom is 0.152 e. The molecule has 114 valence electrons. The summed E-state index contributed by atoms with van der Waals surface area (Å²) in [5.41, 5.74) is 0.311. The summed E-state index contributed by atoms with van der Waals surface area (Å²) in [4.78, 5) is 0. The molecule has 4 aliphatic carbocycles. The van der Waals surface area contributed by atoms with E-state index in [-0.39, 0.29) is 12.0 Å². The van der Waals surface area contributed by atoms with Crippen LogP contribution in [0.4, 0.5) is 0 Å². The second-order valence-electron chi connectivity index (χ2n) is 8.42. The molecule has 0 aromatic carbocycles. The highest BCUT2D eigenvalue weighted by Crippen LogP contribution is 2.61. The topological polar surface area (TPSA) is 46.2 Å². The van der Waals surface area contributed by atoms with E-state index in [0.717, 1.165) is 24.3 Å². The number of sulfone groups is 1. The van der Waals surface area contributed by atoms with Gasteiger partial charge in [0.15, 0.2) is 9.84 Å². The van der Waals surface area contributed by atoms with E-state index >= 15 is 0 Å². The fraction of sp³-hybridized carbons (Fsp3) is 1.00. The molecule has 2 atom stereocenters. The highest BCUT2D eigenvalue weighted by Gasteiger charge is 2.55. The number of hydrogen-bond donors (Lipinski definition) is 1. The van der Waals surface area contributed by atoms with Crippen LogP contribution in [0.1, 0.15) is 45.4 Å². The van der Waals surface area contributed by atoms with Gasteiger partial charge in [0.2, 0.25) is 0 Å². The molecule has 5 aliphatic rings. The Labute approximate surface area is 122 Å². The molecule has 0 spiro atoms. The molecule has 5 rings (SSSR count). The Morgan fingerprint density at radius 2 is 1.50 bits per heavy atom. The standard InChI is InChI=1S/C16H27NO2S/c1-11-8-17-15(10-20(18,19)9-11)16-5-12-2-13(6-16)4-14(3-12)7-16/h11-15,17H,2-10H2,1H3. The first kappa shape index (κ1) is 13.6. The second kappa shape index (κ2) is 4.45. The van der Waals surface area contributed by atoms with Crippen molar-refractivity contribution in [3.8, 4) is 0 Å². The lowest BCUT2D eigenvalue weighted by atomic mass is 9.48. The highest BCUT2D eigenvalue weighted by atomic mass is 32.2. The molecule has 1 heterocycles. The smallest absolute Gasteiger partial charge is 0.152 e. The van der Waals surface area contributed by atoms with Crippen LogP contribution in [0.5, 0.6) is 0 Å². The minimum atomic E-state index is -2.87. The Kier molecular flexibility index (Phi) is 3.02. The fourth-order valence-electron chi connectivity index (χ4n) is 6.21. The van der Waals surface area contributed by atoms with Crippen LogP contribution in [0.25, 0.3) is 0 Å². The highest BCUT2D eigenvalue weighted by molar-refractivity contribution is 7.91. The Morgan fingerprint density at radius 1 is 0.950 bits per heavy atom. The third kappa shape index (κ3) is 2.23. The third-order valence-electron chi connectivity index (χ3n) is 6.50. The first-order valence-corrected chi connectivity index (χ1v) is 10.2. The van der Waals surface area contributed by atoms with Crippen molar-refractivity contribution in [1.82, 2.24) is 5.32 Å². The Morgan fingerprint density at radius 3 is 2.05 bits per heavy atom. The van der Waals surface area contributed by atoms with E-state index in [2.05, 4.69) is 12.2 Å². The minimum Gasteiger partial charge on any atom is -0.312 e. The lowest BCUT2D eigenvalue weighted by Crippen LogP contribution is -2.57. The molecular weight excluding hydrogens is 270 g/mol. The molecule has 1 aliphatic heterocycles. The van der Waals surface area contributed by atoms with Crippen molar-refractivity contribution in [3.63, 3.8) is 0 Å². The van der Waals surface area contributed by atoms with Gasteiger partial charge in [0, 0.05) is 6.04 Å². The minimum absolute atomic E-state index is 0.228. The van der Waals surface area contributed by atoms with E-state index < -0.39 is 9.84 Å². The van der Waals surface area contributed by atoms with Gasteiger partial charge in [-0.05, 0) is 74.2 Å². The van der Waals surface area contributed by atoms with Crippen LogP contribution in [-0.4, -0.2) is 32.5 Å². The van der Waals surface area contributed by atoms with Crippen molar-refractivity contribution in [1.29, 1.82) is 0 Å². The van der Waals surface area contributed by atoms with Gasteiger partial charge in [0.1, 0.15) is 0 Å². The normalized spacial score (nSPS) is 53.8. The van der Waals surface area contributed by atoms with Gasteiger partial charge in [0.05, 0.1) is 11.5 Å². The van der Waals surface area contributed by atoms with Crippen molar-refractivity contribution < 1.29 is 8.42 Å². The summed E-state index contributed by atoms with van der Waals surface area (Å²) in [6, 6.07) is 0.228. The van der Waals surface area contributed by atoms with Crippen LogP contribution in [0.3, 0.4) is 0 Å². The van der Waals surface area contributed by atoms with Crippen molar-refractivity contribution in [2.24, 2.45) is 29.1 Å². The van der Waals surface area contributed by atoms with E-state index in [0.29, 0.717) is 16.9 Å². The van der Waals surface area contributed by atoms with Gasteiger partial charge in [-0.3, -0.25) is 0 Å². The van der Waals surface area contributed by atoms with Gasteiger partial charge in [0.25, 0.3) is 0 Å². The van der Waals surface area contributed by atoms with Gasteiger partial charge >= 0.3 is 0 Å². The van der Waals surface area contributed by atoms with Gasteiger partial charge in [-0.2, -0.15) is 0 Å². The number of hydrogen-bond acceptors (Lipinski definition) is 3. The first-order valence-electron chi connectivity index (χ1n) is 8.38. The van der Waals surface area contributed by atoms with E-state index in [1.165, 1.54) is 38.5 Å². The van der Waals surface area contributed by atoms with E-state index in [1.807, 2.05) is 0 Å². The van der Waals surface area contributed by atoms with Crippen LogP contribution in [0.15, 0.2) is 0 Å². The average Bonchev–Trinajstić information content (AvgIpc) is 2.45. The third-order valence-corrected chi connectivity index (χ3v) is 8.41. The predicted molar refractivity (Wildman–Crippen MR) is 80.2 cm³/mol. The van der Waals surface area contributed by atoms with Crippen LogP contribution < -0.4 is 5.32 Å². The molecule has 1 saturated heterocycles. The molecular formula is C16H27NO2S. The van der Waals surface area contributed by atoms with Gasteiger partial charge in [-0.25, -0.2) is 8.42 Å².